The highest BCUT2D eigenvalue weighted by Gasteiger charge is 2.36. The number of azide groups is 1. The number of hydrogen-bond donors (Lipinski definition) is 0. The minimum atomic E-state index is -0.703. The Bertz CT molecular complexity index is 463. The predicted octanol–water partition coefficient (Wildman–Crippen LogP) is 3.91. The minimum absolute atomic E-state index is 0.362. The van der Waals surface area contributed by atoms with E-state index in [4.69, 9.17) is 10.3 Å². The number of halogens is 1. The molecule has 1 aromatic carbocycles. The summed E-state index contributed by atoms with van der Waals surface area (Å²) in [6.07, 6.45) is 3.34. The van der Waals surface area contributed by atoms with Crippen LogP contribution in [0.1, 0.15) is 31.2 Å². The molecule has 1 fully saturated rings. The van der Waals surface area contributed by atoms with Gasteiger partial charge in [-0.15, -0.1) is 0 Å². The van der Waals surface area contributed by atoms with E-state index < -0.39 is 5.54 Å². The Morgan fingerprint density at radius 2 is 2.12 bits per heavy atom. The van der Waals surface area contributed by atoms with Crippen molar-refractivity contribution < 1.29 is 9.13 Å². The normalized spacial score (nSPS) is 17.5. The second-order valence-corrected chi connectivity index (χ2v) is 4.27. The molecule has 90 valence electrons. The van der Waals surface area contributed by atoms with Gasteiger partial charge in [-0.05, 0) is 24.4 Å². The summed E-state index contributed by atoms with van der Waals surface area (Å²) in [5.41, 5.74) is 8.43. The van der Waals surface area contributed by atoms with Gasteiger partial charge in [0.2, 0.25) is 0 Å². The largest absolute Gasteiger partial charge is 0.497 e. The van der Waals surface area contributed by atoms with Crippen molar-refractivity contribution in [2.75, 3.05) is 7.11 Å². The van der Waals surface area contributed by atoms with Crippen LogP contribution < -0.4 is 4.74 Å². The highest BCUT2D eigenvalue weighted by molar-refractivity contribution is 5.34. The SMILES string of the molecule is COc1ccc(C2(N=[N+]=[N-])CCCC2)c(F)c1. The van der Waals surface area contributed by atoms with E-state index in [1.807, 2.05) is 0 Å². The summed E-state index contributed by atoms with van der Waals surface area (Å²) < 4.78 is 19.0. The van der Waals surface area contributed by atoms with Gasteiger partial charge in [-0.1, -0.05) is 24.0 Å². The Balaban J connectivity index is 2.47. The topological polar surface area (TPSA) is 58.0 Å². The molecule has 0 aliphatic heterocycles. The van der Waals surface area contributed by atoms with Crippen LogP contribution in [0.4, 0.5) is 4.39 Å². The van der Waals surface area contributed by atoms with Crippen LogP contribution in [-0.2, 0) is 5.54 Å². The number of hydrogen-bond acceptors (Lipinski definition) is 2. The van der Waals surface area contributed by atoms with Crippen molar-refractivity contribution >= 4 is 0 Å². The van der Waals surface area contributed by atoms with E-state index >= 15 is 0 Å². The van der Waals surface area contributed by atoms with E-state index in [-0.39, 0.29) is 5.82 Å². The van der Waals surface area contributed by atoms with Gasteiger partial charge < -0.3 is 4.74 Å². The molecule has 1 saturated carbocycles. The summed E-state index contributed by atoms with van der Waals surface area (Å²) in [7, 11) is 1.49. The van der Waals surface area contributed by atoms with Crippen molar-refractivity contribution in [2.24, 2.45) is 5.11 Å². The Morgan fingerprint density at radius 1 is 1.41 bits per heavy atom. The summed E-state index contributed by atoms with van der Waals surface area (Å²) >= 11 is 0. The summed E-state index contributed by atoms with van der Waals surface area (Å²) in [6.45, 7) is 0. The average molecular weight is 235 g/mol. The monoisotopic (exact) mass is 235 g/mol. The van der Waals surface area contributed by atoms with Gasteiger partial charge in [0.15, 0.2) is 0 Å². The van der Waals surface area contributed by atoms with Crippen LogP contribution in [0.5, 0.6) is 5.75 Å². The van der Waals surface area contributed by atoms with Crippen molar-refractivity contribution in [1.82, 2.24) is 0 Å². The van der Waals surface area contributed by atoms with Crippen LogP contribution in [0, 0.1) is 5.82 Å². The maximum Gasteiger partial charge on any atom is 0.130 e. The number of methoxy groups -OCH3 is 1. The van der Waals surface area contributed by atoms with Crippen LogP contribution in [-0.4, -0.2) is 7.11 Å². The van der Waals surface area contributed by atoms with E-state index in [0.717, 1.165) is 12.8 Å². The molecule has 0 bridgehead atoms. The Labute approximate surface area is 99.0 Å². The number of benzene rings is 1. The van der Waals surface area contributed by atoms with Crippen molar-refractivity contribution in [3.8, 4) is 5.75 Å². The molecule has 1 aromatic rings. The third kappa shape index (κ3) is 2.06. The van der Waals surface area contributed by atoms with Crippen LogP contribution in [0.25, 0.3) is 10.4 Å². The Hall–Kier alpha value is -1.74. The van der Waals surface area contributed by atoms with Crippen LogP contribution in [0.2, 0.25) is 0 Å². The maximum absolute atomic E-state index is 14.0. The molecule has 0 amide bonds. The molecule has 1 aliphatic carbocycles. The fourth-order valence-electron chi connectivity index (χ4n) is 2.47. The van der Waals surface area contributed by atoms with Gasteiger partial charge in [0.25, 0.3) is 0 Å². The van der Waals surface area contributed by atoms with Crippen molar-refractivity contribution in [1.29, 1.82) is 0 Å². The molecule has 0 aromatic heterocycles. The molecule has 5 heteroatoms. The molecule has 0 spiro atoms. The number of rotatable bonds is 3. The zero-order chi connectivity index (χ0) is 12.3. The predicted molar refractivity (Wildman–Crippen MR) is 62.2 cm³/mol. The van der Waals surface area contributed by atoms with Crippen molar-refractivity contribution in [3.05, 3.63) is 40.0 Å². The second kappa shape index (κ2) is 4.63. The molecule has 1 aliphatic rings. The molecule has 2 rings (SSSR count). The fraction of sp³-hybridized carbons (Fsp3) is 0.500. The molecule has 0 N–H and O–H groups in total. The van der Waals surface area contributed by atoms with Gasteiger partial charge in [0.1, 0.15) is 11.6 Å². The summed E-state index contributed by atoms with van der Waals surface area (Å²) in [6, 6.07) is 4.70. The first kappa shape index (κ1) is 11.7. The lowest BCUT2D eigenvalue weighted by molar-refractivity contribution is 0.401. The van der Waals surface area contributed by atoms with Gasteiger partial charge in [0, 0.05) is 16.5 Å². The molecule has 17 heavy (non-hydrogen) atoms. The average Bonchev–Trinajstić information content (AvgIpc) is 2.79. The molecule has 0 radical (unpaired) electrons. The second-order valence-electron chi connectivity index (χ2n) is 4.27. The lowest BCUT2D eigenvalue weighted by Gasteiger charge is -2.24. The standard InChI is InChI=1S/C12H14FN3O/c1-17-9-4-5-10(11(13)8-9)12(15-16-14)6-2-3-7-12/h4-5,8H,2-3,6-7H2,1H3. The molecule has 0 heterocycles. The molecule has 0 unspecified atom stereocenters. The van der Waals surface area contributed by atoms with Gasteiger partial charge in [-0.2, -0.15) is 0 Å². The van der Waals surface area contributed by atoms with Crippen molar-refractivity contribution in [2.45, 2.75) is 31.2 Å². The zero-order valence-electron chi connectivity index (χ0n) is 9.69. The molecule has 4 nitrogen and oxygen atoms in total. The van der Waals surface area contributed by atoms with Gasteiger partial charge >= 0.3 is 0 Å². The quantitative estimate of drug-likeness (QED) is 0.445. The minimum Gasteiger partial charge on any atom is -0.497 e. The Kier molecular flexibility index (Phi) is 3.20. The molecular weight excluding hydrogens is 221 g/mol. The smallest absolute Gasteiger partial charge is 0.130 e. The molecular formula is C12H14FN3O. The first-order valence-electron chi connectivity index (χ1n) is 5.62. The Morgan fingerprint density at radius 3 is 2.65 bits per heavy atom. The zero-order valence-corrected chi connectivity index (χ0v) is 9.69. The maximum atomic E-state index is 14.0. The van der Waals surface area contributed by atoms with E-state index in [0.29, 0.717) is 24.2 Å². The van der Waals surface area contributed by atoms with E-state index in [2.05, 4.69) is 10.0 Å². The summed E-state index contributed by atoms with van der Waals surface area (Å²) in [5.74, 6) is 0.110. The van der Waals surface area contributed by atoms with Gasteiger partial charge in [0.05, 0.1) is 12.6 Å². The van der Waals surface area contributed by atoms with Gasteiger partial charge in [-0.25, -0.2) is 4.39 Å². The first-order valence-corrected chi connectivity index (χ1v) is 5.62. The van der Waals surface area contributed by atoms with E-state index in [1.54, 1.807) is 12.1 Å². The van der Waals surface area contributed by atoms with E-state index in [1.165, 1.54) is 13.2 Å². The molecule has 0 atom stereocenters. The summed E-state index contributed by atoms with van der Waals surface area (Å²) in [4.78, 5) is 2.88. The highest BCUT2D eigenvalue weighted by atomic mass is 19.1. The first-order chi connectivity index (χ1) is 8.22. The van der Waals surface area contributed by atoms with Crippen molar-refractivity contribution in [3.63, 3.8) is 0 Å². The van der Waals surface area contributed by atoms with E-state index in [9.17, 15) is 4.39 Å². The fourth-order valence-corrected chi connectivity index (χ4v) is 2.47. The van der Waals surface area contributed by atoms with Crippen LogP contribution >= 0.6 is 0 Å². The number of nitrogens with zero attached hydrogens (tertiary/aromatic N) is 3. The highest BCUT2D eigenvalue weighted by Crippen LogP contribution is 2.43. The number of ether oxygens (including phenoxy) is 1. The lowest BCUT2D eigenvalue weighted by atomic mass is 9.89. The molecule has 0 saturated heterocycles. The van der Waals surface area contributed by atoms with Crippen LogP contribution in [0.3, 0.4) is 0 Å². The van der Waals surface area contributed by atoms with Crippen LogP contribution in [0.15, 0.2) is 23.3 Å². The summed E-state index contributed by atoms with van der Waals surface area (Å²) in [5, 5.41) is 3.84. The third-order valence-electron chi connectivity index (χ3n) is 3.34. The lowest BCUT2D eigenvalue weighted by Crippen LogP contribution is -2.19. The van der Waals surface area contributed by atoms with Gasteiger partial charge in [-0.3, -0.25) is 0 Å². The third-order valence-corrected chi connectivity index (χ3v) is 3.34.